The third-order valence-electron chi connectivity index (χ3n) is 4.54. The Balaban J connectivity index is 1.71. The summed E-state index contributed by atoms with van der Waals surface area (Å²) in [5, 5.41) is 6.70. The van der Waals surface area contributed by atoms with E-state index in [1.54, 1.807) is 7.05 Å². The average molecular weight is 375 g/mol. The highest BCUT2D eigenvalue weighted by Crippen LogP contribution is 2.21. The van der Waals surface area contributed by atoms with Crippen molar-refractivity contribution in [2.24, 2.45) is 10.9 Å². The fourth-order valence-electron chi connectivity index (χ4n) is 3.19. The molecule has 1 fully saturated rings. The minimum Gasteiger partial charge on any atom is -0.444 e. The summed E-state index contributed by atoms with van der Waals surface area (Å²) in [5.74, 6) is 1.30. The van der Waals surface area contributed by atoms with E-state index >= 15 is 0 Å². The summed E-state index contributed by atoms with van der Waals surface area (Å²) in [5.41, 5.74) is 0.781. The minimum atomic E-state index is -0.442. The summed E-state index contributed by atoms with van der Waals surface area (Å²) in [4.78, 5) is 18.4. The van der Waals surface area contributed by atoms with Crippen LogP contribution in [-0.4, -0.2) is 49.2 Å². The average Bonchev–Trinajstić information content (AvgIpc) is 2.64. The second-order valence-corrected chi connectivity index (χ2v) is 8.06. The molecule has 2 N–H and O–H groups in total. The number of hydrogen-bond acceptors (Lipinski definition) is 3. The molecule has 0 aliphatic carbocycles. The lowest BCUT2D eigenvalue weighted by atomic mass is 9.95. The molecule has 0 aromatic heterocycles. The first kappa shape index (κ1) is 21.1. The first-order valence-corrected chi connectivity index (χ1v) is 9.84. The molecule has 1 aromatic carbocycles. The van der Waals surface area contributed by atoms with E-state index in [2.05, 4.69) is 27.8 Å². The first-order valence-electron chi connectivity index (χ1n) is 9.84. The number of carbonyl (C=O) groups is 1. The number of amides is 1. The monoisotopic (exact) mass is 374 g/mol. The van der Waals surface area contributed by atoms with Crippen molar-refractivity contribution < 1.29 is 9.53 Å². The van der Waals surface area contributed by atoms with Crippen LogP contribution in [0.2, 0.25) is 0 Å². The first-order chi connectivity index (χ1) is 12.9. The number of benzene rings is 1. The van der Waals surface area contributed by atoms with Gasteiger partial charge in [-0.2, -0.15) is 0 Å². The van der Waals surface area contributed by atoms with Crippen LogP contribution in [0.3, 0.4) is 0 Å². The van der Waals surface area contributed by atoms with Crippen molar-refractivity contribution in [1.82, 2.24) is 15.5 Å². The number of likely N-dealkylation sites (tertiary alicyclic amines) is 1. The topological polar surface area (TPSA) is 66.0 Å². The number of aliphatic imine (C=N–C) groups is 1. The number of carbonyl (C=O) groups excluding carboxylic acids is 1. The van der Waals surface area contributed by atoms with Gasteiger partial charge in [0.05, 0.1) is 0 Å². The zero-order valence-corrected chi connectivity index (χ0v) is 17.1. The number of nitrogens with zero attached hydrogens (tertiary/aromatic N) is 2. The Kier molecular flexibility index (Phi) is 7.95. The summed E-state index contributed by atoms with van der Waals surface area (Å²) in [6, 6.07) is 10.3. The fourth-order valence-corrected chi connectivity index (χ4v) is 3.19. The van der Waals surface area contributed by atoms with Gasteiger partial charge in [-0.25, -0.2) is 4.79 Å². The van der Waals surface area contributed by atoms with Gasteiger partial charge >= 0.3 is 6.09 Å². The summed E-state index contributed by atoms with van der Waals surface area (Å²) < 4.78 is 5.50. The second kappa shape index (κ2) is 10.2. The fraction of sp³-hybridized carbons (Fsp3) is 0.619. The maximum atomic E-state index is 12.3. The van der Waals surface area contributed by atoms with E-state index in [1.807, 2.05) is 43.9 Å². The van der Waals surface area contributed by atoms with Gasteiger partial charge in [-0.1, -0.05) is 30.3 Å². The van der Waals surface area contributed by atoms with Crippen molar-refractivity contribution in [3.63, 3.8) is 0 Å². The van der Waals surface area contributed by atoms with Crippen LogP contribution in [-0.2, 0) is 11.3 Å². The molecule has 2 rings (SSSR count). The summed E-state index contributed by atoms with van der Waals surface area (Å²) >= 11 is 0. The van der Waals surface area contributed by atoms with E-state index in [0.29, 0.717) is 5.92 Å². The number of ether oxygens (including phenoxy) is 1. The van der Waals surface area contributed by atoms with Crippen LogP contribution >= 0.6 is 0 Å². The highest BCUT2D eigenvalue weighted by atomic mass is 16.6. The molecule has 0 bridgehead atoms. The Morgan fingerprint density at radius 3 is 2.67 bits per heavy atom. The SMILES string of the molecule is CN=C(NCCC1CCCN(C(=O)OC(C)(C)C)C1)NCc1ccccc1. The standard InChI is InChI=1S/C21H34N4O2/c1-21(2,3)27-20(26)25-14-8-11-18(16-25)12-13-23-19(22-4)24-15-17-9-6-5-7-10-17/h5-7,9-10,18H,8,11-16H2,1-4H3,(H2,22,23,24). The van der Waals surface area contributed by atoms with Crippen molar-refractivity contribution in [3.8, 4) is 0 Å². The van der Waals surface area contributed by atoms with Crippen molar-refractivity contribution in [1.29, 1.82) is 0 Å². The van der Waals surface area contributed by atoms with E-state index in [0.717, 1.165) is 51.4 Å². The molecule has 1 unspecified atom stereocenters. The Hall–Kier alpha value is -2.24. The van der Waals surface area contributed by atoms with E-state index in [4.69, 9.17) is 4.74 Å². The third kappa shape index (κ3) is 7.89. The van der Waals surface area contributed by atoms with Crippen LogP contribution in [0.25, 0.3) is 0 Å². The Morgan fingerprint density at radius 1 is 1.26 bits per heavy atom. The van der Waals surface area contributed by atoms with Gasteiger partial charge in [0.1, 0.15) is 5.60 Å². The molecule has 27 heavy (non-hydrogen) atoms. The lowest BCUT2D eigenvalue weighted by molar-refractivity contribution is 0.0162. The van der Waals surface area contributed by atoms with Crippen LogP contribution < -0.4 is 10.6 Å². The second-order valence-electron chi connectivity index (χ2n) is 8.06. The van der Waals surface area contributed by atoms with Gasteiger partial charge in [-0.15, -0.1) is 0 Å². The van der Waals surface area contributed by atoms with Crippen molar-refractivity contribution >= 4 is 12.1 Å². The molecule has 1 atom stereocenters. The highest BCUT2D eigenvalue weighted by molar-refractivity contribution is 5.79. The molecular formula is C21H34N4O2. The molecule has 1 aliphatic heterocycles. The van der Waals surface area contributed by atoms with Crippen molar-refractivity contribution in [2.45, 2.75) is 52.2 Å². The maximum Gasteiger partial charge on any atom is 0.410 e. The molecule has 1 amide bonds. The normalized spacial score (nSPS) is 18.1. The van der Waals surface area contributed by atoms with E-state index in [-0.39, 0.29) is 6.09 Å². The van der Waals surface area contributed by atoms with Gasteiger partial charge in [0.25, 0.3) is 0 Å². The molecular weight excluding hydrogens is 340 g/mol. The van der Waals surface area contributed by atoms with Crippen molar-refractivity contribution in [2.75, 3.05) is 26.7 Å². The summed E-state index contributed by atoms with van der Waals surface area (Å²) in [6.45, 7) is 8.86. The van der Waals surface area contributed by atoms with Gasteiger partial charge in [-0.3, -0.25) is 4.99 Å². The highest BCUT2D eigenvalue weighted by Gasteiger charge is 2.27. The molecule has 1 heterocycles. The Bertz CT molecular complexity index is 610. The molecule has 0 spiro atoms. The number of piperidine rings is 1. The van der Waals surface area contributed by atoms with Crippen molar-refractivity contribution in [3.05, 3.63) is 35.9 Å². The van der Waals surface area contributed by atoms with Crippen LogP contribution in [0.4, 0.5) is 4.79 Å². The number of rotatable bonds is 5. The lowest BCUT2D eigenvalue weighted by Gasteiger charge is -2.34. The van der Waals surface area contributed by atoms with Crippen LogP contribution in [0.5, 0.6) is 0 Å². The van der Waals surface area contributed by atoms with Gasteiger partial charge in [0.2, 0.25) is 0 Å². The largest absolute Gasteiger partial charge is 0.444 e. The summed E-state index contributed by atoms with van der Waals surface area (Å²) in [6.07, 6.45) is 2.99. The van der Waals surface area contributed by atoms with Crippen LogP contribution in [0.1, 0.15) is 45.6 Å². The molecule has 6 heteroatoms. The molecule has 1 aromatic rings. The minimum absolute atomic E-state index is 0.194. The zero-order valence-electron chi connectivity index (χ0n) is 17.1. The smallest absolute Gasteiger partial charge is 0.410 e. The predicted molar refractivity (Wildman–Crippen MR) is 110 cm³/mol. The lowest BCUT2D eigenvalue weighted by Crippen LogP contribution is -2.44. The Morgan fingerprint density at radius 2 is 2.00 bits per heavy atom. The number of guanidine groups is 1. The molecule has 0 saturated carbocycles. The maximum absolute atomic E-state index is 12.3. The quantitative estimate of drug-likeness (QED) is 0.612. The predicted octanol–water partition coefficient (Wildman–Crippen LogP) is 3.39. The van der Waals surface area contributed by atoms with Gasteiger partial charge < -0.3 is 20.3 Å². The van der Waals surface area contributed by atoms with Crippen LogP contribution in [0, 0.1) is 5.92 Å². The molecule has 6 nitrogen and oxygen atoms in total. The molecule has 1 saturated heterocycles. The van der Waals surface area contributed by atoms with E-state index < -0.39 is 5.60 Å². The van der Waals surface area contributed by atoms with E-state index in [9.17, 15) is 4.79 Å². The van der Waals surface area contributed by atoms with Gasteiger partial charge in [0, 0.05) is 33.2 Å². The zero-order chi connectivity index (χ0) is 19.7. The molecule has 0 radical (unpaired) electrons. The number of hydrogen-bond donors (Lipinski definition) is 2. The third-order valence-corrected chi connectivity index (χ3v) is 4.54. The van der Waals surface area contributed by atoms with Crippen LogP contribution in [0.15, 0.2) is 35.3 Å². The summed E-state index contributed by atoms with van der Waals surface area (Å²) in [7, 11) is 1.78. The molecule has 150 valence electrons. The Labute approximate surface area is 163 Å². The van der Waals surface area contributed by atoms with Gasteiger partial charge in [-0.05, 0) is 51.5 Å². The molecule has 1 aliphatic rings. The number of nitrogens with one attached hydrogen (secondary N) is 2. The van der Waals surface area contributed by atoms with Gasteiger partial charge in [0.15, 0.2) is 5.96 Å². The van der Waals surface area contributed by atoms with E-state index in [1.165, 1.54) is 5.56 Å².